The maximum Gasteiger partial charge on any atom is 0.141 e. The van der Waals surface area contributed by atoms with E-state index in [0.29, 0.717) is 11.6 Å². The lowest BCUT2D eigenvalue weighted by molar-refractivity contribution is 0.488. The van der Waals surface area contributed by atoms with E-state index in [1.807, 2.05) is 42.6 Å². The highest BCUT2D eigenvalue weighted by atomic mass is 35.5. The van der Waals surface area contributed by atoms with Gasteiger partial charge in [-0.25, -0.2) is 15.0 Å². The van der Waals surface area contributed by atoms with Gasteiger partial charge in [-0.15, -0.1) is 12.4 Å². The number of para-hydroxylation sites is 1. The van der Waals surface area contributed by atoms with Crippen LogP contribution < -0.4 is 10.5 Å². The molecule has 0 unspecified atom stereocenters. The lowest BCUT2D eigenvalue weighted by Crippen LogP contribution is -1.93. The molecule has 4 aromatic rings. The number of benzene rings is 1. The minimum absolute atomic E-state index is 0. The predicted octanol–water partition coefficient (Wildman–Crippen LogP) is 3.82. The number of nitrogens with one attached hydrogen (secondary N) is 1. The Morgan fingerprint density at radius 2 is 1.83 bits per heavy atom. The SMILES string of the molecule is Cl.Nc1cc(-c2c[nH]c3nccc(Oc4ccccc4)c23)ncn1. The number of rotatable bonds is 3. The molecule has 0 amide bonds. The molecule has 0 saturated carbocycles. The molecule has 4 rings (SSSR count). The minimum Gasteiger partial charge on any atom is -0.457 e. The van der Waals surface area contributed by atoms with Gasteiger partial charge in [0.15, 0.2) is 0 Å². The van der Waals surface area contributed by atoms with Gasteiger partial charge in [0.2, 0.25) is 0 Å². The first-order valence-electron chi connectivity index (χ1n) is 7.08. The molecule has 120 valence electrons. The second-order valence-electron chi connectivity index (χ2n) is 4.98. The molecule has 0 aliphatic heterocycles. The summed E-state index contributed by atoms with van der Waals surface area (Å²) in [6.45, 7) is 0. The van der Waals surface area contributed by atoms with Gasteiger partial charge in [-0.2, -0.15) is 0 Å². The van der Waals surface area contributed by atoms with Gasteiger partial charge in [0.05, 0.1) is 11.1 Å². The molecule has 3 aromatic heterocycles. The van der Waals surface area contributed by atoms with Crippen molar-refractivity contribution in [3.8, 4) is 22.8 Å². The average molecular weight is 340 g/mol. The first-order valence-corrected chi connectivity index (χ1v) is 7.08. The van der Waals surface area contributed by atoms with Crippen LogP contribution in [0.3, 0.4) is 0 Å². The van der Waals surface area contributed by atoms with Crippen molar-refractivity contribution in [3.63, 3.8) is 0 Å². The van der Waals surface area contributed by atoms with Crippen molar-refractivity contribution in [1.29, 1.82) is 0 Å². The molecular formula is C17H14ClN5O. The standard InChI is InChI=1S/C17H13N5O.ClH/c18-15-8-13(21-10-22-15)12-9-20-17-16(12)14(6-7-19-17)23-11-4-2-1-3-5-11;/h1-10H,(H,19,20)(H2,18,21,22);1H. The maximum absolute atomic E-state index is 6.01. The number of hydrogen-bond donors (Lipinski definition) is 2. The zero-order valence-corrected chi connectivity index (χ0v) is 13.3. The molecule has 0 aliphatic carbocycles. The summed E-state index contributed by atoms with van der Waals surface area (Å²) in [6.07, 6.45) is 4.99. The summed E-state index contributed by atoms with van der Waals surface area (Å²) < 4.78 is 6.01. The third kappa shape index (κ3) is 2.87. The second-order valence-corrected chi connectivity index (χ2v) is 4.98. The van der Waals surface area contributed by atoms with E-state index in [2.05, 4.69) is 19.9 Å². The summed E-state index contributed by atoms with van der Waals surface area (Å²) in [5.74, 6) is 1.88. The lowest BCUT2D eigenvalue weighted by Gasteiger charge is -2.08. The maximum atomic E-state index is 6.01. The van der Waals surface area contributed by atoms with Crippen LogP contribution in [-0.4, -0.2) is 19.9 Å². The van der Waals surface area contributed by atoms with Gasteiger partial charge in [0.25, 0.3) is 0 Å². The van der Waals surface area contributed by atoms with Crippen LogP contribution in [0.15, 0.2) is 61.2 Å². The number of ether oxygens (including phenoxy) is 1. The molecule has 0 saturated heterocycles. The summed E-state index contributed by atoms with van der Waals surface area (Å²) >= 11 is 0. The molecule has 0 aliphatic rings. The van der Waals surface area contributed by atoms with Gasteiger partial charge in [0, 0.05) is 24.0 Å². The molecular weight excluding hydrogens is 326 g/mol. The number of nitrogens with two attached hydrogens (primary N) is 1. The zero-order chi connectivity index (χ0) is 15.6. The summed E-state index contributed by atoms with van der Waals surface area (Å²) in [4.78, 5) is 15.7. The van der Waals surface area contributed by atoms with Crippen molar-refractivity contribution < 1.29 is 4.74 Å². The zero-order valence-electron chi connectivity index (χ0n) is 12.5. The summed E-state index contributed by atoms with van der Waals surface area (Å²) in [6, 6.07) is 13.2. The van der Waals surface area contributed by atoms with Gasteiger partial charge in [-0.3, -0.25) is 0 Å². The van der Waals surface area contributed by atoms with E-state index in [4.69, 9.17) is 10.5 Å². The molecule has 3 N–H and O–H groups in total. The molecule has 0 spiro atoms. The molecule has 7 heteroatoms. The van der Waals surface area contributed by atoms with Gasteiger partial charge in [0.1, 0.15) is 29.3 Å². The fourth-order valence-corrected chi connectivity index (χ4v) is 2.45. The van der Waals surface area contributed by atoms with Crippen molar-refractivity contribution in [2.45, 2.75) is 0 Å². The van der Waals surface area contributed by atoms with Crippen LogP contribution in [0.25, 0.3) is 22.3 Å². The Hall–Kier alpha value is -3.12. The fraction of sp³-hybridized carbons (Fsp3) is 0. The van der Waals surface area contributed by atoms with Crippen LogP contribution in [0, 0.1) is 0 Å². The predicted molar refractivity (Wildman–Crippen MR) is 95.3 cm³/mol. The smallest absolute Gasteiger partial charge is 0.141 e. The number of halogens is 1. The Morgan fingerprint density at radius 1 is 1.00 bits per heavy atom. The first kappa shape index (κ1) is 15.8. The molecule has 0 bridgehead atoms. The fourth-order valence-electron chi connectivity index (χ4n) is 2.45. The summed E-state index contributed by atoms with van der Waals surface area (Å²) in [7, 11) is 0. The van der Waals surface area contributed by atoms with Crippen LogP contribution in [-0.2, 0) is 0 Å². The van der Waals surface area contributed by atoms with E-state index in [-0.39, 0.29) is 12.4 Å². The highest BCUT2D eigenvalue weighted by Gasteiger charge is 2.14. The normalized spacial score (nSPS) is 10.3. The number of pyridine rings is 1. The molecule has 1 aromatic carbocycles. The monoisotopic (exact) mass is 339 g/mol. The topological polar surface area (TPSA) is 89.7 Å². The van der Waals surface area contributed by atoms with Gasteiger partial charge in [-0.05, 0) is 18.2 Å². The van der Waals surface area contributed by atoms with E-state index in [9.17, 15) is 0 Å². The van der Waals surface area contributed by atoms with Gasteiger partial charge < -0.3 is 15.5 Å². The van der Waals surface area contributed by atoms with Crippen LogP contribution in [0.4, 0.5) is 5.82 Å². The Bertz CT molecular complexity index is 971. The number of nitrogen functional groups attached to an aromatic ring is 1. The van der Waals surface area contributed by atoms with E-state index < -0.39 is 0 Å². The Labute approximate surface area is 144 Å². The number of fused-ring (bicyclic) bond motifs is 1. The highest BCUT2D eigenvalue weighted by Crippen LogP contribution is 2.35. The van der Waals surface area contributed by atoms with E-state index in [0.717, 1.165) is 28.0 Å². The summed E-state index contributed by atoms with van der Waals surface area (Å²) in [5, 5.41) is 0.856. The molecule has 24 heavy (non-hydrogen) atoms. The second kappa shape index (κ2) is 6.55. The third-order valence-electron chi connectivity index (χ3n) is 3.47. The van der Waals surface area contributed by atoms with Crippen molar-refractivity contribution in [2.75, 3.05) is 5.73 Å². The molecule has 0 atom stereocenters. The number of nitrogens with zero attached hydrogens (tertiary/aromatic N) is 3. The van der Waals surface area contributed by atoms with Crippen LogP contribution >= 0.6 is 12.4 Å². The summed E-state index contributed by atoms with van der Waals surface area (Å²) in [5.41, 5.74) is 8.08. The highest BCUT2D eigenvalue weighted by molar-refractivity contribution is 5.97. The van der Waals surface area contributed by atoms with Crippen LogP contribution in [0.5, 0.6) is 11.5 Å². The molecule has 0 radical (unpaired) electrons. The molecule has 3 heterocycles. The molecule has 0 fully saturated rings. The third-order valence-corrected chi connectivity index (χ3v) is 3.47. The van der Waals surface area contributed by atoms with E-state index in [1.54, 1.807) is 12.3 Å². The molecule has 6 nitrogen and oxygen atoms in total. The largest absolute Gasteiger partial charge is 0.457 e. The Balaban J connectivity index is 0.00000169. The van der Waals surface area contributed by atoms with E-state index in [1.165, 1.54) is 6.33 Å². The van der Waals surface area contributed by atoms with Gasteiger partial charge in [-0.1, -0.05) is 18.2 Å². The number of hydrogen-bond acceptors (Lipinski definition) is 5. The number of aromatic nitrogens is 4. The van der Waals surface area contributed by atoms with Crippen molar-refractivity contribution in [2.24, 2.45) is 0 Å². The number of anilines is 1. The van der Waals surface area contributed by atoms with Gasteiger partial charge >= 0.3 is 0 Å². The number of aromatic amines is 1. The Morgan fingerprint density at radius 3 is 2.62 bits per heavy atom. The van der Waals surface area contributed by atoms with Crippen LogP contribution in [0.2, 0.25) is 0 Å². The van der Waals surface area contributed by atoms with Crippen molar-refractivity contribution >= 4 is 29.3 Å². The van der Waals surface area contributed by atoms with Crippen molar-refractivity contribution in [3.05, 3.63) is 61.2 Å². The van der Waals surface area contributed by atoms with E-state index >= 15 is 0 Å². The minimum atomic E-state index is 0. The van der Waals surface area contributed by atoms with Crippen LogP contribution in [0.1, 0.15) is 0 Å². The Kier molecular flexibility index (Phi) is 4.31. The first-order chi connectivity index (χ1) is 11.3. The van der Waals surface area contributed by atoms with Crippen molar-refractivity contribution in [1.82, 2.24) is 19.9 Å². The lowest BCUT2D eigenvalue weighted by atomic mass is 10.1. The number of H-pyrrole nitrogens is 1. The quantitative estimate of drug-likeness (QED) is 0.592. The average Bonchev–Trinajstić information content (AvgIpc) is 3.01.